The molecular weight excluding hydrogens is 561 g/mol. The van der Waals surface area contributed by atoms with Crippen LogP contribution >= 0.6 is 11.6 Å². The number of aromatic nitrogens is 2. The third kappa shape index (κ3) is 7.72. The Morgan fingerprint density at radius 2 is 1.81 bits per heavy atom. The highest BCUT2D eigenvalue weighted by molar-refractivity contribution is 6.31. The van der Waals surface area contributed by atoms with Gasteiger partial charge in [-0.1, -0.05) is 11.6 Å². The molecule has 0 bridgehead atoms. The Hall–Kier alpha value is -3.37. The first-order chi connectivity index (χ1) is 20.0. The molecule has 9 nitrogen and oxygen atoms in total. The van der Waals surface area contributed by atoms with E-state index < -0.39 is 11.4 Å². The van der Waals surface area contributed by atoms with E-state index in [0.717, 1.165) is 44.2 Å². The average molecular weight is 600 g/mol. The van der Waals surface area contributed by atoms with Gasteiger partial charge in [0.2, 0.25) is 0 Å². The highest BCUT2D eigenvalue weighted by Gasteiger charge is 2.27. The summed E-state index contributed by atoms with van der Waals surface area (Å²) >= 11 is 6.02. The Morgan fingerprint density at radius 1 is 1.07 bits per heavy atom. The number of nitrogens with one attached hydrogen (secondary N) is 1. The van der Waals surface area contributed by atoms with Crippen LogP contribution in [0.5, 0.6) is 11.5 Å². The van der Waals surface area contributed by atoms with Crippen molar-refractivity contribution >= 4 is 40.1 Å². The zero-order valence-corrected chi connectivity index (χ0v) is 25.4. The van der Waals surface area contributed by atoms with Gasteiger partial charge < -0.3 is 29.3 Å². The minimum Gasteiger partial charge on any atom is -0.493 e. The molecule has 5 rings (SSSR count). The normalized spacial score (nSPS) is 17.3. The van der Waals surface area contributed by atoms with E-state index in [1.807, 2.05) is 32.9 Å². The monoisotopic (exact) mass is 599 g/mol. The number of carbonyl (C=O) groups is 1. The molecular formula is C31H39ClFN5O4. The van der Waals surface area contributed by atoms with Crippen molar-refractivity contribution in [2.24, 2.45) is 5.92 Å². The van der Waals surface area contributed by atoms with E-state index in [9.17, 15) is 9.18 Å². The highest BCUT2D eigenvalue weighted by Crippen LogP contribution is 2.37. The van der Waals surface area contributed by atoms with Crippen molar-refractivity contribution in [3.05, 3.63) is 47.5 Å². The van der Waals surface area contributed by atoms with Gasteiger partial charge >= 0.3 is 6.09 Å². The van der Waals surface area contributed by atoms with Crippen LogP contribution in [0.3, 0.4) is 0 Å². The van der Waals surface area contributed by atoms with Crippen LogP contribution in [-0.4, -0.2) is 77.4 Å². The fourth-order valence-electron chi connectivity index (χ4n) is 5.22. The number of amides is 1. The number of likely N-dealkylation sites (tertiary alicyclic amines) is 2. The van der Waals surface area contributed by atoms with Crippen LogP contribution in [0.2, 0.25) is 5.02 Å². The maximum Gasteiger partial charge on any atom is 0.410 e. The maximum absolute atomic E-state index is 13.8. The number of rotatable bonds is 7. The summed E-state index contributed by atoms with van der Waals surface area (Å²) in [5, 5.41) is 4.00. The molecule has 0 radical (unpaired) electrons. The average Bonchev–Trinajstić information content (AvgIpc) is 2.94. The molecule has 3 aromatic rings. The molecule has 1 amide bonds. The number of ether oxygens (including phenoxy) is 3. The van der Waals surface area contributed by atoms with E-state index in [2.05, 4.69) is 27.2 Å². The van der Waals surface area contributed by atoms with Crippen molar-refractivity contribution in [3.8, 4) is 11.5 Å². The number of piperidine rings is 2. The summed E-state index contributed by atoms with van der Waals surface area (Å²) in [6, 6.07) is 8.24. The van der Waals surface area contributed by atoms with Crippen LogP contribution in [0.15, 0.2) is 36.7 Å². The van der Waals surface area contributed by atoms with Gasteiger partial charge in [-0.2, -0.15) is 0 Å². The summed E-state index contributed by atoms with van der Waals surface area (Å²) < 4.78 is 32.2. The van der Waals surface area contributed by atoms with Gasteiger partial charge in [-0.05, 0) is 77.6 Å². The molecule has 2 saturated heterocycles. The largest absolute Gasteiger partial charge is 0.493 e. The molecule has 0 unspecified atom stereocenters. The topological polar surface area (TPSA) is 89.1 Å². The molecule has 226 valence electrons. The number of carbonyl (C=O) groups excluding carboxylic acids is 1. The smallest absolute Gasteiger partial charge is 0.410 e. The Morgan fingerprint density at radius 3 is 2.50 bits per heavy atom. The van der Waals surface area contributed by atoms with Gasteiger partial charge in [0.1, 0.15) is 41.2 Å². The Bertz CT molecular complexity index is 1400. The molecule has 1 N–H and O–H groups in total. The van der Waals surface area contributed by atoms with Crippen molar-refractivity contribution in [2.45, 2.75) is 58.2 Å². The lowest BCUT2D eigenvalue weighted by atomic mass is 9.98. The summed E-state index contributed by atoms with van der Waals surface area (Å²) in [4.78, 5) is 25.5. The minimum absolute atomic E-state index is 0.0220. The first-order valence-corrected chi connectivity index (χ1v) is 14.9. The van der Waals surface area contributed by atoms with E-state index >= 15 is 0 Å². The first kappa shape index (κ1) is 30.1. The molecule has 2 aliphatic heterocycles. The molecule has 0 saturated carbocycles. The fourth-order valence-corrected chi connectivity index (χ4v) is 5.40. The summed E-state index contributed by atoms with van der Waals surface area (Å²) in [7, 11) is 2.11. The number of halogens is 2. The lowest BCUT2D eigenvalue weighted by molar-refractivity contribution is 0.0164. The van der Waals surface area contributed by atoms with E-state index in [-0.39, 0.29) is 17.2 Å². The summed E-state index contributed by atoms with van der Waals surface area (Å²) in [6.45, 7) is 9.34. The number of nitrogens with zero attached hydrogens (tertiary/aromatic N) is 4. The molecule has 0 spiro atoms. The second-order valence-electron chi connectivity index (χ2n) is 12.1. The Balaban J connectivity index is 1.33. The second-order valence-corrected chi connectivity index (χ2v) is 12.5. The number of hydrogen-bond acceptors (Lipinski definition) is 8. The molecule has 2 fully saturated rings. The Kier molecular flexibility index (Phi) is 9.22. The van der Waals surface area contributed by atoms with Crippen molar-refractivity contribution in [1.29, 1.82) is 0 Å². The van der Waals surface area contributed by atoms with E-state index in [1.165, 1.54) is 18.5 Å². The molecule has 0 aliphatic carbocycles. The third-order valence-electron chi connectivity index (χ3n) is 7.57. The van der Waals surface area contributed by atoms with Gasteiger partial charge in [-0.15, -0.1) is 0 Å². The second kappa shape index (κ2) is 12.9. The van der Waals surface area contributed by atoms with E-state index in [4.69, 9.17) is 25.8 Å². The zero-order valence-electron chi connectivity index (χ0n) is 24.7. The minimum atomic E-state index is -0.508. The van der Waals surface area contributed by atoms with Gasteiger partial charge in [0, 0.05) is 44.0 Å². The van der Waals surface area contributed by atoms with Crippen LogP contribution in [0.1, 0.15) is 46.5 Å². The van der Waals surface area contributed by atoms with Gasteiger partial charge in [0.15, 0.2) is 0 Å². The number of hydrogen-bond donors (Lipinski definition) is 1. The van der Waals surface area contributed by atoms with Gasteiger partial charge in [0.05, 0.1) is 22.5 Å². The van der Waals surface area contributed by atoms with Crippen LogP contribution < -0.4 is 14.8 Å². The number of anilines is 2. The van der Waals surface area contributed by atoms with Gasteiger partial charge in [0.25, 0.3) is 0 Å². The maximum atomic E-state index is 13.8. The number of fused-ring (bicyclic) bond motifs is 1. The molecule has 42 heavy (non-hydrogen) atoms. The quantitative estimate of drug-likeness (QED) is 0.322. The first-order valence-electron chi connectivity index (χ1n) is 14.5. The van der Waals surface area contributed by atoms with Gasteiger partial charge in [-0.3, -0.25) is 0 Å². The standard InChI is InChI=1S/C31H39ClFN5O4/c1-31(2,3)42-30(39)38-13-7-20(8-14-38)18-40-23-16-26-28(27(17-23)41-22-9-11-37(4)12-10-22)29(35-19-34-26)36-21-5-6-25(33)24(32)15-21/h5-6,15-17,19-20,22H,7-14,18H2,1-4H3,(H,34,35,36). The van der Waals surface area contributed by atoms with Crippen molar-refractivity contribution in [3.63, 3.8) is 0 Å². The molecule has 3 heterocycles. The zero-order chi connectivity index (χ0) is 29.9. The summed E-state index contributed by atoms with van der Waals surface area (Å²) in [5.74, 6) is 1.65. The lowest BCUT2D eigenvalue weighted by Gasteiger charge is -2.33. The third-order valence-corrected chi connectivity index (χ3v) is 7.86. The molecule has 1 aromatic heterocycles. The van der Waals surface area contributed by atoms with Crippen LogP contribution in [0.4, 0.5) is 20.7 Å². The summed E-state index contributed by atoms with van der Waals surface area (Å²) in [5.41, 5.74) is 0.761. The highest BCUT2D eigenvalue weighted by atomic mass is 35.5. The predicted octanol–water partition coefficient (Wildman–Crippen LogP) is 6.66. The van der Waals surface area contributed by atoms with Crippen LogP contribution in [0.25, 0.3) is 10.9 Å². The fraction of sp³-hybridized carbons (Fsp3) is 0.516. The summed E-state index contributed by atoms with van der Waals surface area (Å²) in [6.07, 6.45) is 4.74. The predicted molar refractivity (Wildman–Crippen MR) is 161 cm³/mol. The van der Waals surface area contributed by atoms with Crippen molar-refractivity contribution in [2.75, 3.05) is 45.2 Å². The van der Waals surface area contributed by atoms with Gasteiger partial charge in [-0.25, -0.2) is 19.2 Å². The van der Waals surface area contributed by atoms with Crippen molar-refractivity contribution in [1.82, 2.24) is 19.8 Å². The molecule has 2 aromatic carbocycles. The van der Waals surface area contributed by atoms with Crippen molar-refractivity contribution < 1.29 is 23.4 Å². The lowest BCUT2D eigenvalue weighted by Crippen LogP contribution is -2.42. The molecule has 2 aliphatic rings. The van der Waals surface area contributed by atoms with Crippen LogP contribution in [-0.2, 0) is 4.74 Å². The van der Waals surface area contributed by atoms with Crippen LogP contribution in [0, 0.1) is 11.7 Å². The SMILES string of the molecule is CN1CCC(Oc2cc(OCC3CCN(C(=O)OC(C)(C)C)CC3)cc3ncnc(Nc4ccc(F)c(Cl)c4)c23)CC1. The Labute approximate surface area is 251 Å². The molecule has 0 atom stereocenters. The van der Waals surface area contributed by atoms with E-state index in [0.29, 0.717) is 54.1 Å². The molecule has 11 heteroatoms. The number of benzene rings is 2. The van der Waals surface area contributed by atoms with E-state index in [1.54, 1.807) is 11.0 Å².